The zero-order valence-electron chi connectivity index (χ0n) is 11.5. The number of fused-ring (bicyclic) bond motifs is 2. The Morgan fingerprint density at radius 1 is 1.24 bits per heavy atom. The van der Waals surface area contributed by atoms with Crippen molar-refractivity contribution in [2.75, 3.05) is 7.05 Å². The van der Waals surface area contributed by atoms with Crippen LogP contribution in [0.3, 0.4) is 0 Å². The van der Waals surface area contributed by atoms with Crippen molar-refractivity contribution in [3.63, 3.8) is 0 Å². The van der Waals surface area contributed by atoms with Crippen molar-refractivity contribution in [2.45, 2.75) is 76.1 Å². The van der Waals surface area contributed by atoms with Crippen molar-refractivity contribution in [3.05, 3.63) is 0 Å². The van der Waals surface area contributed by atoms with Crippen molar-refractivity contribution < 1.29 is 5.11 Å². The Morgan fingerprint density at radius 2 is 1.76 bits per heavy atom. The summed E-state index contributed by atoms with van der Waals surface area (Å²) < 4.78 is 0. The van der Waals surface area contributed by atoms with Crippen LogP contribution in [0.5, 0.6) is 0 Å². The third kappa shape index (κ3) is 2.67. The first-order chi connectivity index (χ1) is 7.92. The van der Waals surface area contributed by atoms with Crippen LogP contribution < -0.4 is 5.73 Å². The molecule has 2 fully saturated rings. The Labute approximate surface area is 105 Å². The molecule has 17 heavy (non-hydrogen) atoms. The maximum absolute atomic E-state index is 10.8. The standard InChI is InChI=1S/C14H28N2O/c1-10(2)4-7-13(15)14(17)8-11-5-6-12(9-14)16(11)3/h10-13,17H,4-9,15H2,1-3H3. The Bertz CT molecular complexity index is 253. The molecule has 3 unspecified atom stereocenters. The second kappa shape index (κ2) is 4.87. The van der Waals surface area contributed by atoms with E-state index in [2.05, 4.69) is 25.8 Å². The lowest BCUT2D eigenvalue weighted by molar-refractivity contribution is -0.0642. The number of aliphatic hydroxyl groups is 1. The molecule has 2 bridgehead atoms. The maximum atomic E-state index is 10.8. The van der Waals surface area contributed by atoms with Crippen LogP contribution in [0.15, 0.2) is 0 Å². The predicted octanol–water partition coefficient (Wildman–Crippen LogP) is 1.74. The average Bonchev–Trinajstić information content (AvgIpc) is 2.51. The van der Waals surface area contributed by atoms with Gasteiger partial charge >= 0.3 is 0 Å². The van der Waals surface area contributed by atoms with Crippen LogP contribution in [0, 0.1) is 5.92 Å². The van der Waals surface area contributed by atoms with Crippen LogP contribution in [-0.4, -0.2) is 40.8 Å². The number of nitrogens with zero attached hydrogens (tertiary/aromatic N) is 1. The molecule has 0 aromatic carbocycles. The molecule has 0 spiro atoms. The molecule has 0 aromatic rings. The smallest absolute Gasteiger partial charge is 0.0827 e. The van der Waals surface area contributed by atoms with E-state index in [-0.39, 0.29) is 6.04 Å². The van der Waals surface area contributed by atoms with Gasteiger partial charge < -0.3 is 15.7 Å². The van der Waals surface area contributed by atoms with E-state index in [0.717, 1.165) is 25.7 Å². The number of hydrogen-bond acceptors (Lipinski definition) is 3. The SMILES string of the molecule is CC(C)CCC(N)C1(O)CC2CCC(C1)N2C. The quantitative estimate of drug-likeness (QED) is 0.787. The molecular weight excluding hydrogens is 212 g/mol. The molecule has 3 N–H and O–H groups in total. The van der Waals surface area contributed by atoms with E-state index in [0.29, 0.717) is 18.0 Å². The van der Waals surface area contributed by atoms with Gasteiger partial charge in [-0.25, -0.2) is 0 Å². The molecule has 100 valence electrons. The minimum atomic E-state index is -0.604. The minimum absolute atomic E-state index is 0.0401. The molecule has 2 saturated heterocycles. The minimum Gasteiger partial charge on any atom is -0.388 e. The van der Waals surface area contributed by atoms with E-state index in [1.165, 1.54) is 12.8 Å². The van der Waals surface area contributed by atoms with Gasteiger partial charge in [0.2, 0.25) is 0 Å². The van der Waals surface area contributed by atoms with Crippen molar-refractivity contribution in [1.29, 1.82) is 0 Å². The van der Waals surface area contributed by atoms with Gasteiger partial charge in [-0.15, -0.1) is 0 Å². The molecule has 0 amide bonds. The summed E-state index contributed by atoms with van der Waals surface area (Å²) in [6, 6.07) is 1.08. The van der Waals surface area contributed by atoms with Crippen molar-refractivity contribution in [3.8, 4) is 0 Å². The zero-order valence-corrected chi connectivity index (χ0v) is 11.5. The largest absolute Gasteiger partial charge is 0.388 e. The molecule has 0 aliphatic carbocycles. The molecule has 2 rings (SSSR count). The Kier molecular flexibility index (Phi) is 3.81. The highest BCUT2D eigenvalue weighted by molar-refractivity contribution is 5.04. The van der Waals surface area contributed by atoms with Crippen LogP contribution >= 0.6 is 0 Å². The number of piperidine rings is 1. The Morgan fingerprint density at radius 3 is 2.24 bits per heavy atom. The lowest BCUT2D eigenvalue weighted by Gasteiger charge is -2.45. The lowest BCUT2D eigenvalue weighted by atomic mass is 9.78. The summed E-state index contributed by atoms with van der Waals surface area (Å²) >= 11 is 0. The molecule has 3 heteroatoms. The van der Waals surface area contributed by atoms with E-state index in [1.54, 1.807) is 0 Å². The summed E-state index contributed by atoms with van der Waals surface area (Å²) in [7, 11) is 2.20. The summed E-state index contributed by atoms with van der Waals surface area (Å²) in [5.74, 6) is 0.674. The summed E-state index contributed by atoms with van der Waals surface area (Å²) in [6.07, 6.45) is 6.30. The Balaban J connectivity index is 1.95. The molecular formula is C14H28N2O. The fourth-order valence-corrected chi connectivity index (χ4v) is 3.57. The fraction of sp³-hybridized carbons (Fsp3) is 1.00. The highest BCUT2D eigenvalue weighted by Gasteiger charge is 2.48. The summed E-state index contributed by atoms with van der Waals surface area (Å²) in [5.41, 5.74) is 5.66. The third-order valence-corrected chi connectivity index (χ3v) is 4.91. The van der Waals surface area contributed by atoms with E-state index in [9.17, 15) is 5.11 Å². The summed E-state index contributed by atoms with van der Waals surface area (Å²) in [5, 5.41) is 10.8. The second-order valence-electron chi connectivity index (χ2n) is 6.64. The predicted molar refractivity (Wildman–Crippen MR) is 70.8 cm³/mol. The highest BCUT2D eigenvalue weighted by atomic mass is 16.3. The number of rotatable bonds is 4. The summed E-state index contributed by atoms with van der Waals surface area (Å²) in [6.45, 7) is 4.43. The zero-order chi connectivity index (χ0) is 12.6. The van der Waals surface area contributed by atoms with Gasteiger partial charge in [-0.2, -0.15) is 0 Å². The molecule has 0 aromatic heterocycles. The van der Waals surface area contributed by atoms with E-state index < -0.39 is 5.60 Å². The van der Waals surface area contributed by atoms with Gasteiger partial charge in [0.25, 0.3) is 0 Å². The molecule has 2 aliphatic rings. The van der Waals surface area contributed by atoms with Gasteiger partial charge in [-0.1, -0.05) is 13.8 Å². The topological polar surface area (TPSA) is 49.5 Å². The number of nitrogens with two attached hydrogens (primary N) is 1. The van der Waals surface area contributed by atoms with Gasteiger partial charge in [-0.3, -0.25) is 0 Å². The van der Waals surface area contributed by atoms with Crippen molar-refractivity contribution in [2.24, 2.45) is 11.7 Å². The average molecular weight is 240 g/mol. The molecule has 3 atom stereocenters. The highest BCUT2D eigenvalue weighted by Crippen LogP contribution is 2.41. The normalized spacial score (nSPS) is 39.9. The van der Waals surface area contributed by atoms with Crippen LogP contribution in [0.4, 0.5) is 0 Å². The first-order valence-corrected chi connectivity index (χ1v) is 7.12. The molecule has 0 radical (unpaired) electrons. The van der Waals surface area contributed by atoms with Gasteiger partial charge in [0.05, 0.1) is 5.60 Å². The summed E-state index contributed by atoms with van der Waals surface area (Å²) in [4.78, 5) is 2.45. The first kappa shape index (κ1) is 13.3. The van der Waals surface area contributed by atoms with Crippen LogP contribution in [-0.2, 0) is 0 Å². The molecule has 3 nitrogen and oxygen atoms in total. The van der Waals surface area contributed by atoms with Crippen LogP contribution in [0.25, 0.3) is 0 Å². The monoisotopic (exact) mass is 240 g/mol. The van der Waals surface area contributed by atoms with Crippen molar-refractivity contribution in [1.82, 2.24) is 4.90 Å². The van der Waals surface area contributed by atoms with Crippen LogP contribution in [0.1, 0.15) is 52.4 Å². The number of hydrogen-bond donors (Lipinski definition) is 2. The fourth-order valence-electron chi connectivity index (χ4n) is 3.57. The van der Waals surface area contributed by atoms with Crippen LogP contribution in [0.2, 0.25) is 0 Å². The third-order valence-electron chi connectivity index (χ3n) is 4.91. The van der Waals surface area contributed by atoms with Gasteiger partial charge in [0, 0.05) is 18.1 Å². The second-order valence-corrected chi connectivity index (χ2v) is 6.64. The maximum Gasteiger partial charge on any atom is 0.0827 e. The van der Waals surface area contributed by atoms with Gasteiger partial charge in [0.15, 0.2) is 0 Å². The molecule has 2 aliphatic heterocycles. The Hall–Kier alpha value is -0.120. The van der Waals surface area contributed by atoms with E-state index in [4.69, 9.17) is 5.73 Å². The first-order valence-electron chi connectivity index (χ1n) is 7.12. The molecule has 2 heterocycles. The van der Waals surface area contributed by atoms with E-state index in [1.807, 2.05) is 0 Å². The molecule has 0 saturated carbocycles. The van der Waals surface area contributed by atoms with E-state index >= 15 is 0 Å². The van der Waals surface area contributed by atoms with Crippen molar-refractivity contribution >= 4 is 0 Å². The van der Waals surface area contributed by atoms with Gasteiger partial charge in [-0.05, 0) is 51.5 Å². The van der Waals surface area contributed by atoms with Gasteiger partial charge in [0.1, 0.15) is 0 Å². The lowest BCUT2D eigenvalue weighted by Crippen LogP contribution is -2.57.